The minimum Gasteiger partial charge on any atom is -0.489 e. The second-order valence-electron chi connectivity index (χ2n) is 8.79. The summed E-state index contributed by atoms with van der Waals surface area (Å²) >= 11 is 3.59. The van der Waals surface area contributed by atoms with E-state index in [1.807, 2.05) is 30.3 Å². The third-order valence-electron chi connectivity index (χ3n) is 6.06. The monoisotopic (exact) mass is 502 g/mol. The number of carbonyl (C=O) groups excluding carboxylic acids is 1. The van der Waals surface area contributed by atoms with Crippen molar-refractivity contribution in [2.45, 2.75) is 32.4 Å². The molecule has 1 aromatic heterocycles. The first-order chi connectivity index (χ1) is 16.1. The molecule has 3 aromatic carbocycles. The Balaban J connectivity index is 1.33. The molecule has 5 heteroatoms. The van der Waals surface area contributed by atoms with Crippen LogP contribution in [0.25, 0.3) is 10.9 Å². The number of rotatable bonds is 9. The van der Waals surface area contributed by atoms with Crippen LogP contribution in [-0.2, 0) is 24.4 Å². The summed E-state index contributed by atoms with van der Waals surface area (Å²) < 4.78 is 9.26. The van der Waals surface area contributed by atoms with Crippen LogP contribution in [0.15, 0.2) is 83.5 Å². The van der Waals surface area contributed by atoms with Gasteiger partial charge in [0.25, 0.3) is 0 Å². The molecular weight excluding hydrogens is 476 g/mol. The predicted octanol–water partition coefficient (Wildman–Crippen LogP) is 6.10. The van der Waals surface area contributed by atoms with Crippen molar-refractivity contribution in [1.82, 2.24) is 9.88 Å². The molecular formula is C28H27BrN2O2. The summed E-state index contributed by atoms with van der Waals surface area (Å²) in [5, 5.41) is 4.20. The molecule has 0 aliphatic heterocycles. The van der Waals surface area contributed by atoms with E-state index in [1.165, 1.54) is 12.8 Å². The Morgan fingerprint density at radius 2 is 1.82 bits per heavy atom. The molecule has 1 fully saturated rings. The summed E-state index contributed by atoms with van der Waals surface area (Å²) in [6, 6.07) is 24.7. The number of amides is 1. The lowest BCUT2D eigenvalue weighted by atomic mass is 10.1. The molecule has 0 spiro atoms. The van der Waals surface area contributed by atoms with Gasteiger partial charge < -0.3 is 14.6 Å². The zero-order chi connectivity index (χ0) is 22.6. The van der Waals surface area contributed by atoms with Gasteiger partial charge in [0, 0.05) is 34.7 Å². The van der Waals surface area contributed by atoms with E-state index >= 15 is 0 Å². The van der Waals surface area contributed by atoms with Crippen LogP contribution >= 0.6 is 15.9 Å². The van der Waals surface area contributed by atoms with E-state index in [-0.39, 0.29) is 5.91 Å². The van der Waals surface area contributed by atoms with Crippen molar-refractivity contribution >= 4 is 32.7 Å². The SMILES string of the molecule is O=C(Cc1cn(Cc2cccc(OCc3ccccc3)c2)c2ccc(Br)cc12)NCC1CC1. The van der Waals surface area contributed by atoms with Gasteiger partial charge in [0.1, 0.15) is 12.4 Å². The van der Waals surface area contributed by atoms with Gasteiger partial charge in [-0.2, -0.15) is 0 Å². The maximum absolute atomic E-state index is 12.5. The van der Waals surface area contributed by atoms with Gasteiger partial charge in [0.05, 0.1) is 6.42 Å². The highest BCUT2D eigenvalue weighted by Gasteiger charge is 2.22. The highest BCUT2D eigenvalue weighted by Crippen LogP contribution is 2.29. The van der Waals surface area contributed by atoms with Crippen molar-refractivity contribution in [2.24, 2.45) is 5.92 Å². The van der Waals surface area contributed by atoms with Crippen molar-refractivity contribution in [3.63, 3.8) is 0 Å². The Labute approximate surface area is 202 Å². The summed E-state index contributed by atoms with van der Waals surface area (Å²) in [6.07, 6.45) is 4.99. The third kappa shape index (κ3) is 5.66. The second-order valence-corrected chi connectivity index (χ2v) is 9.71. The molecule has 1 aliphatic rings. The van der Waals surface area contributed by atoms with E-state index in [2.05, 4.69) is 74.5 Å². The zero-order valence-electron chi connectivity index (χ0n) is 18.5. The van der Waals surface area contributed by atoms with Gasteiger partial charge in [-0.25, -0.2) is 0 Å². The van der Waals surface area contributed by atoms with Gasteiger partial charge in [-0.15, -0.1) is 0 Å². The lowest BCUT2D eigenvalue weighted by Crippen LogP contribution is -2.27. The fourth-order valence-electron chi connectivity index (χ4n) is 4.10. The number of hydrogen-bond acceptors (Lipinski definition) is 2. The first kappa shape index (κ1) is 21.8. The van der Waals surface area contributed by atoms with Crippen LogP contribution < -0.4 is 10.1 Å². The van der Waals surface area contributed by atoms with Crippen LogP contribution in [0.1, 0.15) is 29.5 Å². The van der Waals surface area contributed by atoms with Gasteiger partial charge in [-0.3, -0.25) is 4.79 Å². The van der Waals surface area contributed by atoms with Crippen molar-refractivity contribution in [2.75, 3.05) is 6.54 Å². The Hall–Kier alpha value is -3.05. The molecule has 0 bridgehead atoms. The Morgan fingerprint density at radius 3 is 2.64 bits per heavy atom. The highest BCUT2D eigenvalue weighted by molar-refractivity contribution is 9.10. The molecule has 33 heavy (non-hydrogen) atoms. The van der Waals surface area contributed by atoms with Gasteiger partial charge >= 0.3 is 0 Å². The number of fused-ring (bicyclic) bond motifs is 1. The van der Waals surface area contributed by atoms with Crippen LogP contribution in [0.2, 0.25) is 0 Å². The average molecular weight is 503 g/mol. The third-order valence-corrected chi connectivity index (χ3v) is 6.55. The van der Waals surface area contributed by atoms with Crippen molar-refractivity contribution in [1.29, 1.82) is 0 Å². The first-order valence-corrected chi connectivity index (χ1v) is 12.2. The maximum Gasteiger partial charge on any atom is 0.224 e. The van der Waals surface area contributed by atoms with Crippen LogP contribution in [-0.4, -0.2) is 17.0 Å². The zero-order valence-corrected chi connectivity index (χ0v) is 20.1. The Morgan fingerprint density at radius 1 is 1.00 bits per heavy atom. The first-order valence-electron chi connectivity index (χ1n) is 11.4. The normalized spacial score (nSPS) is 13.2. The van der Waals surface area contributed by atoms with E-state index in [4.69, 9.17) is 4.74 Å². The highest BCUT2D eigenvalue weighted by atomic mass is 79.9. The van der Waals surface area contributed by atoms with Gasteiger partial charge in [-0.1, -0.05) is 58.4 Å². The molecule has 0 atom stereocenters. The molecule has 168 valence electrons. The van der Waals surface area contributed by atoms with Crippen molar-refractivity contribution < 1.29 is 9.53 Å². The van der Waals surface area contributed by atoms with E-state index in [0.29, 0.717) is 25.5 Å². The summed E-state index contributed by atoms with van der Waals surface area (Å²) in [5.74, 6) is 1.63. The Kier molecular flexibility index (Phi) is 6.49. The largest absolute Gasteiger partial charge is 0.489 e. The molecule has 1 saturated carbocycles. The molecule has 4 nitrogen and oxygen atoms in total. The smallest absolute Gasteiger partial charge is 0.224 e. The van der Waals surface area contributed by atoms with E-state index in [1.54, 1.807) is 0 Å². The second kappa shape index (κ2) is 9.84. The standard InChI is InChI=1S/C28H27BrN2O2/c29-24-11-12-27-26(15-24)23(14-28(32)30-16-20-9-10-20)18-31(27)17-22-7-4-8-25(13-22)33-19-21-5-2-1-3-6-21/h1-8,11-13,15,18,20H,9-10,14,16-17,19H2,(H,30,32). The molecule has 1 amide bonds. The topological polar surface area (TPSA) is 43.3 Å². The fraction of sp³-hybridized carbons (Fsp3) is 0.250. The van der Waals surface area contributed by atoms with Crippen molar-refractivity contribution in [3.05, 3.63) is 100 Å². The van der Waals surface area contributed by atoms with Gasteiger partial charge in [0.2, 0.25) is 5.91 Å². The molecule has 1 N–H and O–H groups in total. The lowest BCUT2D eigenvalue weighted by Gasteiger charge is -2.10. The number of ether oxygens (including phenoxy) is 1. The quantitative estimate of drug-likeness (QED) is 0.300. The van der Waals surface area contributed by atoms with Crippen LogP contribution in [0.3, 0.4) is 0 Å². The number of aromatic nitrogens is 1. The number of carbonyl (C=O) groups is 1. The minimum absolute atomic E-state index is 0.0947. The van der Waals surface area contributed by atoms with Crippen molar-refractivity contribution in [3.8, 4) is 5.75 Å². The molecule has 4 aromatic rings. The summed E-state index contributed by atoms with van der Waals surface area (Å²) in [7, 11) is 0. The molecule has 0 radical (unpaired) electrons. The van der Waals surface area contributed by atoms with E-state index in [0.717, 1.165) is 44.4 Å². The number of hydrogen-bond donors (Lipinski definition) is 1. The number of halogens is 1. The molecule has 0 unspecified atom stereocenters. The minimum atomic E-state index is 0.0947. The van der Waals surface area contributed by atoms with Crippen LogP contribution in [0, 0.1) is 5.92 Å². The number of benzene rings is 3. The van der Waals surface area contributed by atoms with Gasteiger partial charge in [0.15, 0.2) is 0 Å². The van der Waals surface area contributed by atoms with E-state index < -0.39 is 0 Å². The predicted molar refractivity (Wildman–Crippen MR) is 135 cm³/mol. The van der Waals surface area contributed by atoms with E-state index in [9.17, 15) is 4.79 Å². The molecule has 1 aliphatic carbocycles. The Bertz CT molecular complexity index is 1260. The maximum atomic E-state index is 12.5. The van der Waals surface area contributed by atoms with Gasteiger partial charge in [-0.05, 0) is 65.8 Å². The van der Waals surface area contributed by atoms with Crippen LogP contribution in [0.4, 0.5) is 0 Å². The average Bonchev–Trinajstić information content (AvgIpc) is 3.61. The lowest BCUT2D eigenvalue weighted by molar-refractivity contribution is -0.120. The molecule has 0 saturated heterocycles. The summed E-state index contributed by atoms with van der Waals surface area (Å²) in [6.45, 7) is 2.06. The summed E-state index contributed by atoms with van der Waals surface area (Å²) in [5.41, 5.74) is 4.48. The number of nitrogens with one attached hydrogen (secondary N) is 1. The fourth-order valence-corrected chi connectivity index (χ4v) is 4.46. The number of nitrogens with zero attached hydrogens (tertiary/aromatic N) is 1. The molecule has 1 heterocycles. The van der Waals surface area contributed by atoms with Crippen LogP contribution in [0.5, 0.6) is 5.75 Å². The molecule has 5 rings (SSSR count). The summed E-state index contributed by atoms with van der Waals surface area (Å²) in [4.78, 5) is 12.5.